The SMILES string of the molecule is CCCCC(=O)N=c1sc2cc(C)cc(C)c2n1CC(=O)OC. The van der Waals surface area contributed by atoms with Gasteiger partial charge >= 0.3 is 5.97 Å². The Morgan fingerprint density at radius 1 is 1.30 bits per heavy atom. The summed E-state index contributed by atoms with van der Waals surface area (Å²) < 4.78 is 7.58. The summed E-state index contributed by atoms with van der Waals surface area (Å²) in [6.45, 7) is 6.12. The highest BCUT2D eigenvalue weighted by Gasteiger charge is 2.14. The lowest BCUT2D eigenvalue weighted by Crippen LogP contribution is -2.22. The molecule has 0 saturated carbocycles. The summed E-state index contributed by atoms with van der Waals surface area (Å²) in [6.07, 6.45) is 2.21. The Kier molecular flexibility index (Phi) is 5.71. The average Bonchev–Trinajstić information content (AvgIpc) is 2.82. The minimum absolute atomic E-state index is 0.0558. The smallest absolute Gasteiger partial charge is 0.325 e. The summed E-state index contributed by atoms with van der Waals surface area (Å²) in [5.74, 6) is -0.501. The molecule has 0 fully saturated rings. The largest absolute Gasteiger partial charge is 0.468 e. The standard InChI is InChI=1S/C17H22N2O3S/c1-5-6-7-14(20)18-17-19(10-15(21)22-4)16-12(3)8-11(2)9-13(16)23-17/h8-9H,5-7,10H2,1-4H3. The second-order valence-corrected chi connectivity index (χ2v) is 6.59. The molecular formula is C17H22N2O3S. The first kappa shape index (κ1) is 17.4. The topological polar surface area (TPSA) is 60.7 Å². The molecule has 0 aliphatic carbocycles. The number of amides is 1. The first-order chi connectivity index (χ1) is 11.0. The van der Waals surface area contributed by atoms with Crippen LogP contribution >= 0.6 is 11.3 Å². The normalized spacial score (nSPS) is 11.9. The number of carbonyl (C=O) groups excluding carboxylic acids is 2. The summed E-state index contributed by atoms with van der Waals surface area (Å²) >= 11 is 1.43. The van der Waals surface area contributed by atoms with Gasteiger partial charge in [-0.25, -0.2) is 0 Å². The zero-order chi connectivity index (χ0) is 17.0. The third kappa shape index (κ3) is 4.07. The van der Waals surface area contributed by atoms with Crippen molar-refractivity contribution in [2.45, 2.75) is 46.6 Å². The Labute approximate surface area is 139 Å². The van der Waals surface area contributed by atoms with E-state index in [4.69, 9.17) is 4.74 Å². The molecule has 1 heterocycles. The van der Waals surface area contributed by atoms with Gasteiger partial charge in [0.15, 0.2) is 4.80 Å². The van der Waals surface area contributed by atoms with Crippen LogP contribution in [0.25, 0.3) is 10.2 Å². The molecule has 0 radical (unpaired) electrons. The number of hydrogen-bond donors (Lipinski definition) is 0. The van der Waals surface area contributed by atoms with Crippen LogP contribution in [0.1, 0.15) is 37.3 Å². The maximum atomic E-state index is 12.0. The number of hydrogen-bond acceptors (Lipinski definition) is 4. The van der Waals surface area contributed by atoms with Crippen LogP contribution in [-0.2, 0) is 20.9 Å². The van der Waals surface area contributed by atoms with Crippen molar-refractivity contribution in [1.82, 2.24) is 4.57 Å². The molecule has 0 aliphatic rings. The average molecular weight is 334 g/mol. The molecule has 0 N–H and O–H groups in total. The van der Waals surface area contributed by atoms with Crippen LogP contribution in [0, 0.1) is 13.8 Å². The van der Waals surface area contributed by atoms with Crippen LogP contribution < -0.4 is 4.80 Å². The Morgan fingerprint density at radius 2 is 2.04 bits per heavy atom. The number of methoxy groups -OCH3 is 1. The van der Waals surface area contributed by atoms with Gasteiger partial charge < -0.3 is 9.30 Å². The van der Waals surface area contributed by atoms with Crippen LogP contribution in [0.15, 0.2) is 17.1 Å². The van der Waals surface area contributed by atoms with Gasteiger partial charge in [0, 0.05) is 6.42 Å². The van der Waals surface area contributed by atoms with E-state index in [1.807, 2.05) is 20.8 Å². The molecule has 2 aromatic rings. The minimum Gasteiger partial charge on any atom is -0.468 e. The van der Waals surface area contributed by atoms with Crippen molar-refractivity contribution in [2.75, 3.05) is 7.11 Å². The third-order valence-electron chi connectivity index (χ3n) is 3.59. The van der Waals surface area contributed by atoms with Crippen LogP contribution in [0.3, 0.4) is 0 Å². The maximum Gasteiger partial charge on any atom is 0.325 e. The number of unbranched alkanes of at least 4 members (excludes halogenated alkanes) is 1. The number of benzene rings is 1. The van der Waals surface area contributed by atoms with Crippen LogP contribution in [0.4, 0.5) is 0 Å². The summed E-state index contributed by atoms with van der Waals surface area (Å²) in [5.41, 5.74) is 3.14. The zero-order valence-corrected chi connectivity index (χ0v) is 14.8. The molecule has 0 atom stereocenters. The number of carbonyl (C=O) groups is 2. The molecule has 0 spiro atoms. The van der Waals surface area contributed by atoms with E-state index in [1.165, 1.54) is 18.4 Å². The molecule has 1 aromatic carbocycles. The van der Waals surface area contributed by atoms with E-state index in [9.17, 15) is 9.59 Å². The van der Waals surface area contributed by atoms with Crippen molar-refractivity contribution in [2.24, 2.45) is 4.99 Å². The highest BCUT2D eigenvalue weighted by Crippen LogP contribution is 2.23. The van der Waals surface area contributed by atoms with E-state index in [2.05, 4.69) is 17.1 Å². The lowest BCUT2D eigenvalue weighted by atomic mass is 10.1. The Bertz CT molecular complexity index is 802. The van der Waals surface area contributed by atoms with E-state index >= 15 is 0 Å². The van der Waals surface area contributed by atoms with Crippen molar-refractivity contribution in [3.8, 4) is 0 Å². The number of ether oxygens (including phenoxy) is 1. The zero-order valence-electron chi connectivity index (χ0n) is 14.0. The molecule has 5 nitrogen and oxygen atoms in total. The number of aromatic nitrogens is 1. The molecule has 1 amide bonds. The predicted molar refractivity (Wildman–Crippen MR) is 91.4 cm³/mol. The fourth-order valence-electron chi connectivity index (χ4n) is 2.51. The van der Waals surface area contributed by atoms with Gasteiger partial charge in [-0.2, -0.15) is 4.99 Å². The number of aryl methyl sites for hydroxylation is 2. The lowest BCUT2D eigenvalue weighted by Gasteiger charge is -2.06. The number of esters is 1. The van der Waals surface area contributed by atoms with Crippen LogP contribution in [0.2, 0.25) is 0 Å². The first-order valence-corrected chi connectivity index (χ1v) is 8.52. The van der Waals surface area contributed by atoms with Gasteiger partial charge in [0.25, 0.3) is 0 Å². The second-order valence-electron chi connectivity index (χ2n) is 5.58. The van der Waals surface area contributed by atoms with Crippen molar-refractivity contribution >= 4 is 33.4 Å². The maximum absolute atomic E-state index is 12.0. The highest BCUT2D eigenvalue weighted by atomic mass is 32.1. The van der Waals surface area contributed by atoms with Crippen molar-refractivity contribution in [3.05, 3.63) is 28.1 Å². The second kappa shape index (κ2) is 7.55. The van der Waals surface area contributed by atoms with E-state index in [0.717, 1.165) is 34.2 Å². The van der Waals surface area contributed by atoms with Gasteiger partial charge in [-0.15, -0.1) is 0 Å². The van der Waals surface area contributed by atoms with E-state index in [1.54, 1.807) is 4.57 Å². The number of rotatable bonds is 5. The molecule has 6 heteroatoms. The molecule has 1 aromatic heterocycles. The predicted octanol–water partition coefficient (Wildman–Crippen LogP) is 3.11. The van der Waals surface area contributed by atoms with Gasteiger partial charge in [0.1, 0.15) is 6.54 Å². The van der Waals surface area contributed by atoms with Gasteiger partial charge in [-0.3, -0.25) is 9.59 Å². The Morgan fingerprint density at radius 3 is 2.70 bits per heavy atom. The minimum atomic E-state index is -0.355. The van der Waals surface area contributed by atoms with E-state index in [0.29, 0.717) is 11.2 Å². The fraction of sp³-hybridized carbons (Fsp3) is 0.471. The molecule has 2 rings (SSSR count). The monoisotopic (exact) mass is 334 g/mol. The van der Waals surface area contributed by atoms with Crippen molar-refractivity contribution in [1.29, 1.82) is 0 Å². The first-order valence-electron chi connectivity index (χ1n) is 7.71. The van der Waals surface area contributed by atoms with E-state index in [-0.39, 0.29) is 18.4 Å². The van der Waals surface area contributed by atoms with Crippen molar-refractivity contribution in [3.63, 3.8) is 0 Å². The summed E-state index contributed by atoms with van der Waals surface area (Å²) in [4.78, 5) is 28.5. The summed E-state index contributed by atoms with van der Waals surface area (Å²) in [7, 11) is 1.36. The molecule has 0 aliphatic heterocycles. The number of fused-ring (bicyclic) bond motifs is 1. The molecule has 0 unspecified atom stereocenters. The third-order valence-corrected chi connectivity index (χ3v) is 4.62. The Hall–Kier alpha value is -1.95. The molecule has 124 valence electrons. The number of nitrogens with zero attached hydrogens (tertiary/aromatic N) is 2. The summed E-state index contributed by atoms with van der Waals surface area (Å²) in [5, 5.41) is 0. The van der Waals surface area contributed by atoms with Crippen LogP contribution in [0.5, 0.6) is 0 Å². The Balaban J connectivity index is 2.60. The van der Waals surface area contributed by atoms with Gasteiger partial charge in [-0.05, 0) is 37.5 Å². The van der Waals surface area contributed by atoms with Gasteiger partial charge in [0.05, 0.1) is 17.3 Å². The number of thiazole rings is 1. The molecule has 0 saturated heterocycles. The quantitative estimate of drug-likeness (QED) is 0.789. The van der Waals surface area contributed by atoms with E-state index < -0.39 is 0 Å². The van der Waals surface area contributed by atoms with Crippen LogP contribution in [-0.4, -0.2) is 23.6 Å². The molecule has 0 bridgehead atoms. The highest BCUT2D eigenvalue weighted by molar-refractivity contribution is 7.16. The van der Waals surface area contributed by atoms with Gasteiger partial charge in [-0.1, -0.05) is 30.7 Å². The summed E-state index contributed by atoms with van der Waals surface area (Å²) in [6, 6.07) is 4.11. The van der Waals surface area contributed by atoms with Crippen molar-refractivity contribution < 1.29 is 14.3 Å². The molecule has 23 heavy (non-hydrogen) atoms. The fourth-order valence-corrected chi connectivity index (χ4v) is 3.73. The lowest BCUT2D eigenvalue weighted by molar-refractivity contribution is -0.141. The van der Waals surface area contributed by atoms with Gasteiger partial charge in [0.2, 0.25) is 5.91 Å². The molecular weight excluding hydrogens is 312 g/mol.